The summed E-state index contributed by atoms with van der Waals surface area (Å²) in [5, 5.41) is 3.41. The van der Waals surface area contributed by atoms with E-state index in [1.807, 2.05) is 60.5 Å². The van der Waals surface area contributed by atoms with Crippen LogP contribution in [-0.4, -0.2) is 23.3 Å². The Bertz CT molecular complexity index is 430. The van der Waals surface area contributed by atoms with Crippen LogP contribution in [-0.2, 0) is 4.79 Å². The second-order valence-corrected chi connectivity index (χ2v) is 4.21. The minimum atomic E-state index is -0.359. The molecule has 3 nitrogen and oxygen atoms in total. The standard InChI is InChI=1S/C12H13ClN2O/c1-9-8-15(10-6-4-3-5-7-10)14(2)11(9)12(13)16/h3-8,11H,1-2H3. The van der Waals surface area contributed by atoms with Crippen LogP contribution in [0.1, 0.15) is 6.92 Å². The van der Waals surface area contributed by atoms with Gasteiger partial charge in [0.1, 0.15) is 6.04 Å². The largest absolute Gasteiger partial charge is 0.281 e. The minimum absolute atomic E-state index is 0.352. The molecule has 0 amide bonds. The Kier molecular flexibility index (Phi) is 2.99. The van der Waals surface area contributed by atoms with Crippen molar-refractivity contribution in [2.75, 3.05) is 12.1 Å². The molecular weight excluding hydrogens is 224 g/mol. The molecule has 0 fully saturated rings. The Morgan fingerprint density at radius 1 is 1.31 bits per heavy atom. The molecule has 1 aliphatic heterocycles. The lowest BCUT2D eigenvalue weighted by Gasteiger charge is -2.28. The number of carbonyl (C=O) groups is 1. The highest BCUT2D eigenvalue weighted by atomic mass is 35.5. The molecule has 1 unspecified atom stereocenters. The van der Waals surface area contributed by atoms with Gasteiger partial charge in [0.2, 0.25) is 5.24 Å². The molecule has 1 aromatic carbocycles. The van der Waals surface area contributed by atoms with Crippen molar-refractivity contribution in [1.82, 2.24) is 5.01 Å². The molecule has 0 aliphatic carbocycles. The van der Waals surface area contributed by atoms with Gasteiger partial charge in [-0.05, 0) is 36.2 Å². The van der Waals surface area contributed by atoms with Gasteiger partial charge < -0.3 is 0 Å². The predicted molar refractivity (Wildman–Crippen MR) is 65.1 cm³/mol. The zero-order chi connectivity index (χ0) is 11.7. The van der Waals surface area contributed by atoms with E-state index < -0.39 is 0 Å². The number of halogens is 1. The third-order valence-corrected chi connectivity index (χ3v) is 2.91. The molecule has 0 bridgehead atoms. The summed E-state index contributed by atoms with van der Waals surface area (Å²) < 4.78 is 0. The number of hydrogen-bond acceptors (Lipinski definition) is 3. The molecule has 0 saturated carbocycles. The van der Waals surface area contributed by atoms with E-state index in [0.29, 0.717) is 0 Å². The topological polar surface area (TPSA) is 23.6 Å². The van der Waals surface area contributed by atoms with Gasteiger partial charge in [0.25, 0.3) is 0 Å². The second kappa shape index (κ2) is 4.28. The molecule has 0 saturated heterocycles. The highest BCUT2D eigenvalue weighted by Crippen LogP contribution is 2.27. The van der Waals surface area contributed by atoms with Gasteiger partial charge in [-0.25, -0.2) is 5.01 Å². The van der Waals surface area contributed by atoms with Gasteiger partial charge in [-0.3, -0.25) is 9.80 Å². The van der Waals surface area contributed by atoms with E-state index in [0.717, 1.165) is 11.3 Å². The van der Waals surface area contributed by atoms with Crippen LogP contribution in [0.4, 0.5) is 5.69 Å². The first-order chi connectivity index (χ1) is 7.61. The summed E-state index contributed by atoms with van der Waals surface area (Å²) in [6.07, 6.45) is 1.93. The number of nitrogens with zero attached hydrogens (tertiary/aromatic N) is 2. The van der Waals surface area contributed by atoms with Crippen molar-refractivity contribution in [1.29, 1.82) is 0 Å². The van der Waals surface area contributed by atoms with Crippen LogP contribution in [0.5, 0.6) is 0 Å². The lowest BCUT2D eigenvalue weighted by Crippen LogP contribution is -2.41. The first-order valence-corrected chi connectivity index (χ1v) is 5.43. The van der Waals surface area contributed by atoms with Gasteiger partial charge in [-0.1, -0.05) is 18.2 Å². The van der Waals surface area contributed by atoms with E-state index in [4.69, 9.17) is 11.6 Å². The molecular formula is C12H13ClN2O. The maximum atomic E-state index is 11.3. The van der Waals surface area contributed by atoms with E-state index in [9.17, 15) is 4.79 Å². The van der Waals surface area contributed by atoms with Crippen LogP contribution < -0.4 is 5.01 Å². The fraction of sp³-hybridized carbons (Fsp3) is 0.250. The Morgan fingerprint density at radius 2 is 1.94 bits per heavy atom. The Balaban J connectivity index is 2.31. The quantitative estimate of drug-likeness (QED) is 0.737. The molecule has 0 radical (unpaired) electrons. The third kappa shape index (κ3) is 1.84. The van der Waals surface area contributed by atoms with Crippen molar-refractivity contribution in [3.8, 4) is 0 Å². The molecule has 16 heavy (non-hydrogen) atoms. The Morgan fingerprint density at radius 3 is 2.44 bits per heavy atom. The molecule has 4 heteroatoms. The number of anilines is 1. The molecule has 0 N–H and O–H groups in total. The fourth-order valence-electron chi connectivity index (χ4n) is 1.94. The van der Waals surface area contributed by atoms with E-state index >= 15 is 0 Å². The van der Waals surface area contributed by atoms with Gasteiger partial charge in [0, 0.05) is 13.2 Å². The van der Waals surface area contributed by atoms with Crippen LogP contribution in [0, 0.1) is 0 Å². The van der Waals surface area contributed by atoms with Crippen LogP contribution in [0.15, 0.2) is 42.1 Å². The fourth-order valence-corrected chi connectivity index (χ4v) is 2.25. The van der Waals surface area contributed by atoms with E-state index in [2.05, 4.69) is 0 Å². The van der Waals surface area contributed by atoms with Gasteiger partial charge in [-0.15, -0.1) is 0 Å². The number of benzene rings is 1. The van der Waals surface area contributed by atoms with Crippen LogP contribution in [0.3, 0.4) is 0 Å². The van der Waals surface area contributed by atoms with Crippen LogP contribution >= 0.6 is 11.6 Å². The summed E-state index contributed by atoms with van der Waals surface area (Å²) in [6.45, 7) is 1.91. The average molecular weight is 237 g/mol. The molecule has 1 heterocycles. The molecule has 1 aliphatic rings. The van der Waals surface area contributed by atoms with Crippen molar-refractivity contribution in [3.05, 3.63) is 42.1 Å². The number of likely N-dealkylation sites (N-methyl/N-ethyl adjacent to an activating group) is 1. The van der Waals surface area contributed by atoms with Crippen LogP contribution in [0.25, 0.3) is 0 Å². The third-order valence-electron chi connectivity index (χ3n) is 2.71. The van der Waals surface area contributed by atoms with Crippen molar-refractivity contribution in [2.24, 2.45) is 0 Å². The number of para-hydroxylation sites is 1. The lowest BCUT2D eigenvalue weighted by atomic mass is 10.2. The van der Waals surface area contributed by atoms with Crippen molar-refractivity contribution in [3.63, 3.8) is 0 Å². The van der Waals surface area contributed by atoms with Crippen LogP contribution in [0.2, 0.25) is 0 Å². The monoisotopic (exact) mass is 236 g/mol. The van der Waals surface area contributed by atoms with Crippen molar-refractivity contribution < 1.29 is 4.79 Å². The first-order valence-electron chi connectivity index (χ1n) is 5.06. The molecule has 84 valence electrons. The van der Waals surface area contributed by atoms with E-state index in [1.54, 1.807) is 0 Å². The molecule has 1 aromatic rings. The average Bonchev–Trinajstić information content (AvgIpc) is 2.55. The Labute approximate surface area is 99.9 Å². The maximum absolute atomic E-state index is 11.3. The van der Waals surface area contributed by atoms with Gasteiger partial charge in [-0.2, -0.15) is 0 Å². The maximum Gasteiger partial charge on any atom is 0.244 e. The summed E-state index contributed by atoms with van der Waals surface area (Å²) in [7, 11) is 1.85. The van der Waals surface area contributed by atoms with Gasteiger partial charge >= 0.3 is 0 Å². The second-order valence-electron chi connectivity index (χ2n) is 3.83. The summed E-state index contributed by atoms with van der Waals surface area (Å²) in [5.41, 5.74) is 1.97. The molecule has 0 spiro atoms. The first kappa shape index (κ1) is 11.2. The minimum Gasteiger partial charge on any atom is -0.281 e. The van der Waals surface area contributed by atoms with E-state index in [1.165, 1.54) is 0 Å². The number of hydrazine groups is 1. The summed E-state index contributed by atoms with van der Waals surface area (Å²) in [4.78, 5) is 11.3. The lowest BCUT2D eigenvalue weighted by molar-refractivity contribution is -0.114. The zero-order valence-electron chi connectivity index (χ0n) is 9.22. The summed E-state index contributed by atoms with van der Waals surface area (Å²) in [5.74, 6) is 0. The molecule has 1 atom stereocenters. The number of hydrogen-bond donors (Lipinski definition) is 0. The van der Waals surface area contributed by atoms with E-state index in [-0.39, 0.29) is 11.3 Å². The molecule has 0 aromatic heterocycles. The van der Waals surface area contributed by atoms with Crippen molar-refractivity contribution >= 4 is 22.5 Å². The SMILES string of the molecule is CC1=CN(c2ccccc2)N(C)C1C(=O)Cl. The predicted octanol–water partition coefficient (Wildman–Crippen LogP) is 2.39. The summed E-state index contributed by atoms with van der Waals surface area (Å²) in [6, 6.07) is 9.50. The Hall–Kier alpha value is -1.32. The number of rotatable bonds is 2. The highest BCUT2D eigenvalue weighted by Gasteiger charge is 2.32. The van der Waals surface area contributed by atoms with Gasteiger partial charge in [0.05, 0.1) is 5.69 Å². The smallest absolute Gasteiger partial charge is 0.244 e. The number of carbonyl (C=O) groups excluding carboxylic acids is 1. The van der Waals surface area contributed by atoms with Gasteiger partial charge in [0.15, 0.2) is 0 Å². The highest BCUT2D eigenvalue weighted by molar-refractivity contribution is 6.65. The van der Waals surface area contributed by atoms with Crippen molar-refractivity contribution in [2.45, 2.75) is 13.0 Å². The summed E-state index contributed by atoms with van der Waals surface area (Å²) >= 11 is 5.58. The zero-order valence-corrected chi connectivity index (χ0v) is 9.98. The molecule has 2 rings (SSSR count). The normalized spacial score (nSPS) is 21.1.